The van der Waals surface area contributed by atoms with Crippen molar-refractivity contribution in [2.75, 3.05) is 0 Å². The third-order valence-electron chi connectivity index (χ3n) is 1.35. The summed E-state index contributed by atoms with van der Waals surface area (Å²) < 4.78 is 0. The van der Waals surface area contributed by atoms with Crippen molar-refractivity contribution in [1.82, 2.24) is 0 Å². The number of aryl methyl sites for hydroxylation is 1. The summed E-state index contributed by atoms with van der Waals surface area (Å²) in [5.74, 6) is 0.108. The quantitative estimate of drug-likeness (QED) is 0.565. The zero-order chi connectivity index (χ0) is 7.56. The van der Waals surface area contributed by atoms with Gasteiger partial charge in [0.05, 0.1) is 0 Å². The molecule has 55 valence electrons. The molecule has 2 heteroatoms. The first-order valence-corrected chi connectivity index (χ1v) is 3.19. The molecule has 0 N–H and O–H groups in total. The second-order valence-corrected chi connectivity index (χ2v) is 2.32. The molecule has 1 rings (SSSR count). The molecule has 0 aromatic heterocycles. The summed E-state index contributed by atoms with van der Waals surface area (Å²) in [6, 6.07) is 8.35. The zero-order valence-electron chi connectivity index (χ0n) is 6.72. The van der Waals surface area contributed by atoms with Gasteiger partial charge in [-0.2, -0.15) is 29.8 Å². The first kappa shape index (κ1) is 11.3. The van der Waals surface area contributed by atoms with Gasteiger partial charge in [-0.25, -0.2) is 0 Å². The van der Waals surface area contributed by atoms with Crippen LogP contribution in [0.5, 0.6) is 0 Å². The smallest absolute Gasteiger partial charge is 0.135 e. The van der Waals surface area contributed by atoms with Crippen molar-refractivity contribution >= 4 is 5.78 Å². The van der Waals surface area contributed by atoms with E-state index >= 15 is 0 Å². The molecule has 11 heavy (non-hydrogen) atoms. The molecule has 0 aliphatic rings. The predicted molar refractivity (Wildman–Crippen MR) is 40.0 cm³/mol. The van der Waals surface area contributed by atoms with Gasteiger partial charge in [0.1, 0.15) is 5.78 Å². The Morgan fingerprint density at radius 2 is 2.18 bits per heavy atom. The monoisotopic (exact) mass is 274 g/mol. The van der Waals surface area contributed by atoms with Crippen LogP contribution in [0.1, 0.15) is 22.8 Å². The summed E-state index contributed by atoms with van der Waals surface area (Å²) in [6.07, 6.45) is 0. The summed E-state index contributed by atoms with van der Waals surface area (Å²) in [5.41, 5.74) is 1.77. The fraction of sp³-hybridized carbons (Fsp3) is 0.222. The largest absolute Gasteiger partial charge is 0.297 e. The minimum Gasteiger partial charge on any atom is -0.297 e. The fourth-order valence-electron chi connectivity index (χ4n) is 0.805. The Hall–Kier alpha value is 0.254. The number of benzene rings is 1. The molecule has 0 heterocycles. The molecule has 0 aliphatic carbocycles. The molecule has 0 saturated heterocycles. The average molecular weight is 274 g/mol. The minimum atomic E-state index is 0. The maximum absolute atomic E-state index is 10.8. The van der Waals surface area contributed by atoms with E-state index in [9.17, 15) is 4.79 Å². The van der Waals surface area contributed by atoms with Gasteiger partial charge in [-0.05, 0) is 6.92 Å². The molecule has 1 radical (unpaired) electrons. The summed E-state index contributed by atoms with van der Waals surface area (Å²) in [7, 11) is 0. The Morgan fingerprint density at radius 3 is 2.55 bits per heavy atom. The van der Waals surface area contributed by atoms with Gasteiger partial charge in [-0.3, -0.25) is 4.79 Å². The molecular formula is C9H9OPr-. The zero-order valence-corrected chi connectivity index (χ0v) is 10.4. The van der Waals surface area contributed by atoms with E-state index in [1.807, 2.05) is 13.0 Å². The van der Waals surface area contributed by atoms with Gasteiger partial charge in [0, 0.05) is 41.3 Å². The van der Waals surface area contributed by atoms with Crippen LogP contribution < -0.4 is 0 Å². The fourth-order valence-corrected chi connectivity index (χ4v) is 0.805. The van der Waals surface area contributed by atoms with Gasteiger partial charge >= 0.3 is 0 Å². The number of carbonyl (C=O) groups is 1. The van der Waals surface area contributed by atoms with E-state index in [1.165, 1.54) is 0 Å². The van der Waals surface area contributed by atoms with Crippen LogP contribution in [0.2, 0.25) is 0 Å². The SMILES string of the molecule is CC(=O)c1cc[c-]c(C)c1.[Pr]. The van der Waals surface area contributed by atoms with Crippen LogP contribution in [0, 0.1) is 54.3 Å². The molecule has 0 fully saturated rings. The first-order chi connectivity index (χ1) is 4.70. The number of rotatable bonds is 1. The van der Waals surface area contributed by atoms with Crippen LogP contribution in [0.15, 0.2) is 18.2 Å². The molecular weight excluding hydrogens is 265 g/mol. The Kier molecular flexibility index (Phi) is 5.11. The van der Waals surface area contributed by atoms with Gasteiger partial charge in [0.15, 0.2) is 0 Å². The van der Waals surface area contributed by atoms with Gasteiger partial charge < -0.3 is 0 Å². The molecule has 1 nitrogen and oxygen atoms in total. The Labute approximate surface area is 100 Å². The van der Waals surface area contributed by atoms with E-state index in [-0.39, 0.29) is 47.1 Å². The Balaban J connectivity index is 0.000001000. The van der Waals surface area contributed by atoms with Crippen LogP contribution in [0.3, 0.4) is 0 Å². The molecule has 0 atom stereocenters. The van der Waals surface area contributed by atoms with Crippen molar-refractivity contribution in [2.24, 2.45) is 0 Å². The Bertz CT molecular complexity index is 255. The van der Waals surface area contributed by atoms with E-state index in [1.54, 1.807) is 19.1 Å². The van der Waals surface area contributed by atoms with Crippen molar-refractivity contribution < 1.29 is 46.1 Å². The van der Waals surface area contributed by atoms with Gasteiger partial charge in [-0.1, -0.05) is 12.5 Å². The number of hydrogen-bond acceptors (Lipinski definition) is 1. The van der Waals surface area contributed by atoms with Crippen LogP contribution in [0.25, 0.3) is 0 Å². The summed E-state index contributed by atoms with van der Waals surface area (Å²) >= 11 is 0. The molecule has 0 aliphatic heterocycles. The van der Waals surface area contributed by atoms with E-state index in [4.69, 9.17) is 0 Å². The standard InChI is InChI=1S/C9H9O.Pr/c1-7-4-3-5-9(6-7)8(2)10;/h3,5-6H,1-2H3;/q-1;. The van der Waals surface area contributed by atoms with Gasteiger partial charge in [0.2, 0.25) is 0 Å². The van der Waals surface area contributed by atoms with Crippen LogP contribution in [-0.2, 0) is 0 Å². The van der Waals surface area contributed by atoms with Crippen molar-refractivity contribution in [3.05, 3.63) is 35.4 Å². The van der Waals surface area contributed by atoms with Crippen LogP contribution in [-0.4, -0.2) is 5.78 Å². The van der Waals surface area contributed by atoms with Gasteiger partial charge in [0.25, 0.3) is 0 Å². The van der Waals surface area contributed by atoms with E-state index in [2.05, 4.69) is 6.07 Å². The maximum atomic E-state index is 10.8. The molecule has 0 spiro atoms. The van der Waals surface area contributed by atoms with Gasteiger partial charge in [-0.15, -0.1) is 0 Å². The Morgan fingerprint density at radius 1 is 1.55 bits per heavy atom. The second kappa shape index (κ2) is 5.00. The molecule has 1 aromatic carbocycles. The molecule has 0 amide bonds. The maximum Gasteiger partial charge on any atom is 0.135 e. The molecule has 0 saturated carbocycles. The number of Topliss-reactive ketones (excluding diaryl/α,β-unsaturated/α-hetero) is 1. The third-order valence-corrected chi connectivity index (χ3v) is 1.35. The summed E-state index contributed by atoms with van der Waals surface area (Å²) in [5, 5.41) is 0. The minimum absolute atomic E-state index is 0. The van der Waals surface area contributed by atoms with E-state index in [0.29, 0.717) is 0 Å². The molecule has 0 bridgehead atoms. The summed E-state index contributed by atoms with van der Waals surface area (Å²) in [6.45, 7) is 3.49. The number of ketones is 1. The number of hydrogen-bond donors (Lipinski definition) is 0. The van der Waals surface area contributed by atoms with Crippen LogP contribution >= 0.6 is 0 Å². The summed E-state index contributed by atoms with van der Waals surface area (Å²) in [4.78, 5) is 10.8. The average Bonchev–Trinajstić information content (AvgIpc) is 1.88. The topological polar surface area (TPSA) is 17.1 Å². The van der Waals surface area contributed by atoms with E-state index < -0.39 is 0 Å². The molecule has 1 aromatic rings. The predicted octanol–water partition coefficient (Wildman–Crippen LogP) is 2.00. The third kappa shape index (κ3) is 3.44. The van der Waals surface area contributed by atoms with E-state index in [0.717, 1.165) is 11.1 Å². The van der Waals surface area contributed by atoms with Crippen molar-refractivity contribution in [2.45, 2.75) is 13.8 Å². The van der Waals surface area contributed by atoms with Crippen molar-refractivity contribution in [3.63, 3.8) is 0 Å². The normalized spacial score (nSPS) is 8.55. The first-order valence-electron chi connectivity index (χ1n) is 3.19. The van der Waals surface area contributed by atoms with Crippen molar-refractivity contribution in [1.29, 1.82) is 0 Å². The second-order valence-electron chi connectivity index (χ2n) is 2.32. The van der Waals surface area contributed by atoms with Crippen LogP contribution in [0.4, 0.5) is 0 Å². The molecule has 0 unspecified atom stereocenters. The van der Waals surface area contributed by atoms with Crippen molar-refractivity contribution in [3.8, 4) is 0 Å². The number of carbonyl (C=O) groups excluding carboxylic acids is 1.